The first kappa shape index (κ1) is 69.0. The fraction of sp³-hybridized carbons (Fsp3) is 0.0189. The third-order valence-corrected chi connectivity index (χ3v) is 22.5. The lowest BCUT2D eigenvalue weighted by molar-refractivity contribution is 0.426. The standard InChI is InChI=1S/C52H32O.C30H21BO2.C22H13BrO.C2H6/c1-2-14-36-32-50-48(30-35(36)13-1)47-31-37(26-27-49(47)53-50)34-16-9-18-39(28-34)51-43-21-5-7-23-45(43)52(46-24-8-6-22-44(46)51)40-19-10-17-38(29-40)42-25-11-15-33-12-3-4-20-41(33)42;32-31(33)30-27-16-5-3-14-25(27)29(26-15-4-6-17-28(26)30)22-12-7-11-21(19-22)24-18-8-10-20-9-1-2-13-23(20)24;23-18-7-3-6-14(10-18)17-8-9-21-19(12-17)20-11-15-4-1-2-5-16(15)13-22(20)24-21;1-2/h1-32H;1-19,32-33H;1-13H;1-2H3. The molecule has 22 aromatic rings. The van der Waals surface area contributed by atoms with Crippen LogP contribution in [0.1, 0.15) is 13.8 Å². The van der Waals surface area contributed by atoms with Gasteiger partial charge in [-0.3, -0.25) is 0 Å². The Morgan fingerprint density at radius 2 is 0.482 bits per heavy atom. The average Bonchev–Trinajstić information content (AvgIpc) is 1.12. The van der Waals surface area contributed by atoms with Crippen molar-refractivity contribution >= 4 is 159 Å². The van der Waals surface area contributed by atoms with Gasteiger partial charge in [0.1, 0.15) is 22.3 Å². The summed E-state index contributed by atoms with van der Waals surface area (Å²) in [5.74, 6) is 0. The van der Waals surface area contributed by atoms with Crippen LogP contribution < -0.4 is 5.46 Å². The normalized spacial score (nSPS) is 11.4. The molecule has 0 bridgehead atoms. The molecular weight excluding hydrogens is 1430 g/mol. The molecule has 2 aromatic heterocycles. The van der Waals surface area contributed by atoms with Crippen molar-refractivity contribution in [1.29, 1.82) is 0 Å². The van der Waals surface area contributed by atoms with Crippen molar-refractivity contribution in [2.24, 2.45) is 0 Å². The Morgan fingerprint density at radius 1 is 0.205 bits per heavy atom. The van der Waals surface area contributed by atoms with Crippen molar-refractivity contribution in [2.75, 3.05) is 0 Å². The van der Waals surface area contributed by atoms with Crippen LogP contribution in [-0.4, -0.2) is 17.2 Å². The molecule has 0 fully saturated rings. The van der Waals surface area contributed by atoms with Gasteiger partial charge in [0.05, 0.1) is 0 Å². The monoisotopic (exact) mass is 1500 g/mol. The SMILES string of the molecule is Brc1cccc(-c2ccc3oc4cc5ccccc5cc4c3c2)c1.CC.OB(O)c1c2ccccc2c(-c2cccc(-c3cccc4ccccc34)c2)c2ccccc12.c1cc(-c2ccc3oc4cc5ccccc5cc4c3c2)cc(-c2c3ccccc3c(-c3cccc(-c4cccc5ccccc45)c3)c3ccccc23)c1. The van der Waals surface area contributed by atoms with Gasteiger partial charge in [-0.25, -0.2) is 0 Å². The molecule has 0 aliphatic rings. The van der Waals surface area contributed by atoms with Crippen molar-refractivity contribution in [2.45, 2.75) is 13.8 Å². The quantitative estimate of drug-likeness (QED) is 0.118. The van der Waals surface area contributed by atoms with Crippen LogP contribution in [0.4, 0.5) is 0 Å². The van der Waals surface area contributed by atoms with Crippen LogP contribution in [0.5, 0.6) is 0 Å². The first-order chi connectivity index (χ1) is 55.3. The molecule has 22 rings (SSSR count). The summed E-state index contributed by atoms with van der Waals surface area (Å²) in [5.41, 5.74) is 21.0. The van der Waals surface area contributed by atoms with Crippen LogP contribution >= 0.6 is 15.9 Å². The summed E-state index contributed by atoms with van der Waals surface area (Å²) in [6.07, 6.45) is 0. The van der Waals surface area contributed by atoms with Crippen molar-refractivity contribution in [1.82, 2.24) is 0 Å². The average molecular weight is 1500 g/mol. The molecule has 0 aliphatic heterocycles. The van der Waals surface area contributed by atoms with Gasteiger partial charge < -0.3 is 18.9 Å². The van der Waals surface area contributed by atoms with E-state index in [9.17, 15) is 10.0 Å². The molecule has 0 saturated carbocycles. The zero-order valence-electron chi connectivity index (χ0n) is 61.6. The summed E-state index contributed by atoms with van der Waals surface area (Å²) in [6.45, 7) is 4.00. The first-order valence-corrected chi connectivity index (χ1v) is 39.0. The summed E-state index contributed by atoms with van der Waals surface area (Å²) >= 11 is 3.55. The highest BCUT2D eigenvalue weighted by Crippen LogP contribution is 2.47. The molecule has 2 N–H and O–H groups in total. The van der Waals surface area contributed by atoms with E-state index >= 15 is 0 Å². The number of benzene rings is 20. The Bertz CT molecular complexity index is 7310. The summed E-state index contributed by atoms with van der Waals surface area (Å²) in [4.78, 5) is 0. The zero-order valence-corrected chi connectivity index (χ0v) is 63.2. The van der Waals surface area contributed by atoms with Crippen LogP contribution in [-0.2, 0) is 0 Å². The molecule has 0 radical (unpaired) electrons. The molecule has 0 spiro atoms. The highest BCUT2D eigenvalue weighted by Gasteiger charge is 2.24. The summed E-state index contributed by atoms with van der Waals surface area (Å²) in [6, 6.07) is 138. The van der Waals surface area contributed by atoms with E-state index in [1.54, 1.807) is 0 Å². The van der Waals surface area contributed by atoms with E-state index in [0.29, 0.717) is 5.46 Å². The van der Waals surface area contributed by atoms with Gasteiger partial charge in [0.25, 0.3) is 0 Å². The van der Waals surface area contributed by atoms with Crippen molar-refractivity contribution in [3.05, 3.63) is 393 Å². The number of hydrogen-bond donors (Lipinski definition) is 2. The molecule has 20 aromatic carbocycles. The van der Waals surface area contributed by atoms with Gasteiger partial charge in [-0.1, -0.05) is 339 Å². The Kier molecular flexibility index (Phi) is 18.2. The van der Waals surface area contributed by atoms with E-state index in [1.165, 1.54) is 131 Å². The molecule has 0 saturated heterocycles. The number of furan rings is 2. The molecule has 2 heterocycles. The largest absolute Gasteiger partial charge is 0.489 e. The molecule has 0 amide bonds. The van der Waals surface area contributed by atoms with Gasteiger partial charge in [-0.05, 0) is 248 Å². The Hall–Kier alpha value is -13.5. The molecule has 530 valence electrons. The van der Waals surface area contributed by atoms with E-state index in [-0.39, 0.29) is 0 Å². The maximum Gasteiger partial charge on any atom is 0.489 e. The second-order valence-electron chi connectivity index (χ2n) is 28.4. The van der Waals surface area contributed by atoms with Gasteiger partial charge in [-0.2, -0.15) is 0 Å². The second-order valence-corrected chi connectivity index (χ2v) is 29.3. The Labute approximate surface area is 657 Å². The number of hydrogen-bond acceptors (Lipinski definition) is 4. The zero-order chi connectivity index (χ0) is 75.3. The van der Waals surface area contributed by atoms with Gasteiger partial charge in [0.15, 0.2) is 0 Å². The fourth-order valence-corrected chi connectivity index (χ4v) is 17.3. The predicted molar refractivity (Wildman–Crippen MR) is 481 cm³/mol. The van der Waals surface area contributed by atoms with E-state index in [2.05, 4.69) is 362 Å². The number of halogens is 1. The lowest BCUT2D eigenvalue weighted by Gasteiger charge is -2.19. The van der Waals surface area contributed by atoms with E-state index < -0.39 is 7.12 Å². The highest BCUT2D eigenvalue weighted by atomic mass is 79.9. The molecule has 112 heavy (non-hydrogen) atoms. The van der Waals surface area contributed by atoms with Crippen molar-refractivity contribution < 1.29 is 18.9 Å². The number of rotatable bonds is 8. The summed E-state index contributed by atoms with van der Waals surface area (Å²) in [7, 11) is -1.55. The smallest absolute Gasteiger partial charge is 0.456 e. The number of fused-ring (bicyclic) bond motifs is 14. The molecular formula is C106H72BBrO4. The van der Waals surface area contributed by atoms with Gasteiger partial charge >= 0.3 is 7.12 Å². The molecule has 0 atom stereocenters. The lowest BCUT2D eigenvalue weighted by atomic mass is 9.72. The van der Waals surface area contributed by atoms with Crippen LogP contribution in [0.25, 0.3) is 208 Å². The van der Waals surface area contributed by atoms with E-state index in [4.69, 9.17) is 8.83 Å². The Morgan fingerprint density at radius 3 is 0.875 bits per heavy atom. The molecule has 0 unspecified atom stereocenters. The van der Waals surface area contributed by atoms with Crippen LogP contribution in [0, 0.1) is 0 Å². The summed E-state index contributed by atoms with van der Waals surface area (Å²) in [5, 5.41) is 43.6. The van der Waals surface area contributed by atoms with Gasteiger partial charge in [-0.15, -0.1) is 0 Å². The van der Waals surface area contributed by atoms with Crippen molar-refractivity contribution in [3.63, 3.8) is 0 Å². The summed E-state index contributed by atoms with van der Waals surface area (Å²) < 4.78 is 13.5. The third-order valence-electron chi connectivity index (χ3n) is 22.0. The fourth-order valence-electron chi connectivity index (χ4n) is 16.9. The third kappa shape index (κ3) is 12.6. The molecule has 4 nitrogen and oxygen atoms in total. The molecule has 6 heteroatoms. The minimum absolute atomic E-state index is 0.551. The predicted octanol–water partition coefficient (Wildman–Crippen LogP) is 29.2. The van der Waals surface area contributed by atoms with E-state index in [0.717, 1.165) is 81.2 Å². The Balaban J connectivity index is 0.000000122. The topological polar surface area (TPSA) is 66.7 Å². The lowest BCUT2D eigenvalue weighted by Crippen LogP contribution is -2.31. The van der Waals surface area contributed by atoms with Crippen LogP contribution in [0.15, 0.2) is 402 Å². The first-order valence-electron chi connectivity index (χ1n) is 38.2. The highest BCUT2D eigenvalue weighted by molar-refractivity contribution is 9.10. The van der Waals surface area contributed by atoms with E-state index in [1.807, 2.05) is 56.3 Å². The minimum Gasteiger partial charge on any atom is -0.456 e. The van der Waals surface area contributed by atoms with Gasteiger partial charge in [0, 0.05) is 26.0 Å². The maximum absolute atomic E-state index is 10.2. The minimum atomic E-state index is -1.55. The van der Waals surface area contributed by atoms with Crippen LogP contribution in [0.2, 0.25) is 0 Å². The molecule has 0 aliphatic carbocycles. The van der Waals surface area contributed by atoms with Crippen LogP contribution in [0.3, 0.4) is 0 Å². The van der Waals surface area contributed by atoms with Crippen molar-refractivity contribution in [3.8, 4) is 77.9 Å². The maximum atomic E-state index is 10.2. The second kappa shape index (κ2) is 29.5. The van der Waals surface area contributed by atoms with Gasteiger partial charge in [0.2, 0.25) is 0 Å².